The van der Waals surface area contributed by atoms with Gasteiger partial charge in [0.1, 0.15) is 4.90 Å². The number of nitro groups is 1. The van der Waals surface area contributed by atoms with Crippen molar-refractivity contribution in [2.75, 3.05) is 13.1 Å². The predicted molar refractivity (Wildman–Crippen MR) is 69.5 cm³/mol. The van der Waals surface area contributed by atoms with E-state index in [0.717, 1.165) is 18.2 Å². The van der Waals surface area contributed by atoms with Crippen LogP contribution >= 0.6 is 0 Å². The highest BCUT2D eigenvalue weighted by Gasteiger charge is 2.42. The summed E-state index contributed by atoms with van der Waals surface area (Å²) in [4.78, 5) is 21.8. The van der Waals surface area contributed by atoms with Crippen LogP contribution in [0.5, 0.6) is 0 Å². The minimum absolute atomic E-state index is 0.0375. The topological polar surface area (TPSA) is 124 Å². The summed E-state index contributed by atoms with van der Waals surface area (Å²) in [5, 5.41) is 10.7. The molecule has 1 aromatic rings. The summed E-state index contributed by atoms with van der Waals surface area (Å²) in [6.45, 7) is 3.36. The molecule has 106 valence electrons. The van der Waals surface area contributed by atoms with Gasteiger partial charge in [-0.3, -0.25) is 14.9 Å². The molecule has 9 heteroatoms. The number of nitrogens with zero attached hydrogens (tertiary/aromatic N) is 2. The number of nitrogens with two attached hydrogens (primary N) is 1. The first-order valence-corrected chi connectivity index (χ1v) is 6.95. The molecule has 0 spiro atoms. The van der Waals surface area contributed by atoms with Crippen LogP contribution in [0.2, 0.25) is 0 Å². The maximum absolute atomic E-state index is 12.2. The first-order chi connectivity index (χ1) is 9.28. The molecule has 1 aliphatic rings. The van der Waals surface area contributed by atoms with Crippen molar-refractivity contribution >= 4 is 21.6 Å². The molecule has 0 atom stereocenters. The summed E-state index contributed by atoms with van der Waals surface area (Å²) < 4.78 is 25.0. The Kier molecular flexibility index (Phi) is 3.32. The molecule has 2 N–H and O–H groups in total. The summed E-state index contributed by atoms with van der Waals surface area (Å²) in [6, 6.07) is 3.07. The summed E-state index contributed by atoms with van der Waals surface area (Å²) in [7, 11) is -4.00. The van der Waals surface area contributed by atoms with Crippen molar-refractivity contribution in [3.63, 3.8) is 0 Å². The third-order valence-corrected chi connectivity index (χ3v) is 4.64. The predicted octanol–water partition coefficient (Wildman–Crippen LogP) is 0.254. The quantitative estimate of drug-likeness (QED) is 0.483. The van der Waals surface area contributed by atoms with Crippen LogP contribution in [0, 0.1) is 10.1 Å². The normalized spacial score (nSPS) is 16.1. The van der Waals surface area contributed by atoms with Gasteiger partial charge < -0.3 is 5.73 Å². The molecule has 0 bridgehead atoms. The van der Waals surface area contributed by atoms with Crippen molar-refractivity contribution in [2.45, 2.75) is 4.90 Å². The zero-order valence-corrected chi connectivity index (χ0v) is 11.1. The first-order valence-electron chi connectivity index (χ1n) is 5.51. The Labute approximate surface area is 114 Å². The van der Waals surface area contributed by atoms with E-state index in [-0.39, 0.29) is 29.2 Å². The number of benzene rings is 1. The molecule has 0 aromatic heterocycles. The largest absolute Gasteiger partial charge is 0.327 e. The Morgan fingerprint density at radius 2 is 2.10 bits per heavy atom. The molecule has 0 fully saturated rings. The number of hydrogen-bond acceptors (Lipinski definition) is 6. The average molecular weight is 297 g/mol. The number of rotatable bonds is 4. The molecule has 2 rings (SSSR count). The number of non-ortho nitro benzene ring substituents is 1. The van der Waals surface area contributed by atoms with E-state index in [1.54, 1.807) is 0 Å². The van der Waals surface area contributed by atoms with Crippen molar-refractivity contribution in [3.8, 4) is 0 Å². The van der Waals surface area contributed by atoms with E-state index < -0.39 is 20.9 Å². The van der Waals surface area contributed by atoms with Gasteiger partial charge in [-0.05, 0) is 11.6 Å². The standard InChI is InChI=1S/C11H11N3O5S/c1-7(5-12)6-13-11(15)9-4-8(14(16)17)2-3-10(9)20(13,18)19/h2-4H,1,5-6,12H2. The highest BCUT2D eigenvalue weighted by atomic mass is 32.2. The Balaban J connectivity index is 2.53. The van der Waals surface area contributed by atoms with Crippen LogP contribution in [0.3, 0.4) is 0 Å². The van der Waals surface area contributed by atoms with E-state index in [2.05, 4.69) is 6.58 Å². The molecular weight excluding hydrogens is 286 g/mol. The van der Waals surface area contributed by atoms with Gasteiger partial charge in [0.2, 0.25) is 0 Å². The zero-order valence-electron chi connectivity index (χ0n) is 10.3. The first kappa shape index (κ1) is 14.2. The maximum atomic E-state index is 12.2. The van der Waals surface area contributed by atoms with E-state index in [1.165, 1.54) is 0 Å². The SMILES string of the molecule is C=C(CN)CN1C(=O)c2cc([N+](=O)[O-])ccc2S1(=O)=O. The third-order valence-electron chi connectivity index (χ3n) is 2.85. The fourth-order valence-corrected chi connectivity index (χ4v) is 3.38. The van der Waals surface area contributed by atoms with Crippen LogP contribution < -0.4 is 5.73 Å². The Morgan fingerprint density at radius 3 is 2.65 bits per heavy atom. The van der Waals surface area contributed by atoms with Gasteiger partial charge in [-0.1, -0.05) is 6.58 Å². The monoisotopic (exact) mass is 297 g/mol. The minimum atomic E-state index is -4.00. The van der Waals surface area contributed by atoms with Gasteiger partial charge in [-0.2, -0.15) is 0 Å². The van der Waals surface area contributed by atoms with Gasteiger partial charge in [0, 0.05) is 18.7 Å². The van der Waals surface area contributed by atoms with Gasteiger partial charge >= 0.3 is 0 Å². The molecule has 0 saturated carbocycles. The van der Waals surface area contributed by atoms with E-state index in [1.807, 2.05) is 0 Å². The number of nitro benzene ring substituents is 1. The van der Waals surface area contributed by atoms with Crippen molar-refractivity contribution in [3.05, 3.63) is 46.0 Å². The second kappa shape index (κ2) is 4.69. The molecule has 1 aromatic carbocycles. The highest BCUT2D eigenvalue weighted by Crippen LogP contribution is 2.32. The maximum Gasteiger partial charge on any atom is 0.270 e. The number of amides is 1. The van der Waals surface area contributed by atoms with Crippen molar-refractivity contribution in [1.82, 2.24) is 4.31 Å². The van der Waals surface area contributed by atoms with Crippen LogP contribution in [0.15, 0.2) is 35.2 Å². The van der Waals surface area contributed by atoms with E-state index >= 15 is 0 Å². The van der Waals surface area contributed by atoms with Gasteiger partial charge in [0.25, 0.3) is 21.6 Å². The fraction of sp³-hybridized carbons (Fsp3) is 0.182. The van der Waals surface area contributed by atoms with Gasteiger partial charge in [-0.15, -0.1) is 0 Å². The van der Waals surface area contributed by atoms with Crippen molar-refractivity contribution < 1.29 is 18.1 Å². The van der Waals surface area contributed by atoms with Gasteiger partial charge in [-0.25, -0.2) is 12.7 Å². The lowest BCUT2D eigenvalue weighted by Gasteiger charge is -2.15. The molecule has 0 radical (unpaired) electrons. The second-order valence-corrected chi connectivity index (χ2v) is 6.04. The number of carbonyl (C=O) groups excluding carboxylic acids is 1. The molecule has 1 heterocycles. The van der Waals surface area contributed by atoms with Crippen molar-refractivity contribution in [1.29, 1.82) is 0 Å². The Hall–Kier alpha value is -2.26. The zero-order chi connectivity index (χ0) is 15.1. The fourth-order valence-electron chi connectivity index (χ4n) is 1.81. The molecule has 0 saturated heterocycles. The lowest BCUT2D eigenvalue weighted by molar-refractivity contribution is -0.384. The van der Waals surface area contributed by atoms with E-state index in [4.69, 9.17) is 5.73 Å². The lowest BCUT2D eigenvalue weighted by atomic mass is 10.2. The molecule has 1 aliphatic heterocycles. The van der Waals surface area contributed by atoms with E-state index in [9.17, 15) is 23.3 Å². The number of carbonyl (C=O) groups is 1. The van der Waals surface area contributed by atoms with Crippen LogP contribution in [-0.2, 0) is 10.0 Å². The summed E-state index contributed by atoms with van der Waals surface area (Å²) >= 11 is 0. The van der Waals surface area contributed by atoms with Gasteiger partial charge in [0.15, 0.2) is 0 Å². The Morgan fingerprint density at radius 1 is 1.45 bits per heavy atom. The number of hydrogen-bond donors (Lipinski definition) is 1. The lowest BCUT2D eigenvalue weighted by Crippen LogP contribution is -2.33. The Bertz CT molecular complexity index is 726. The molecule has 1 amide bonds. The van der Waals surface area contributed by atoms with Crippen molar-refractivity contribution in [2.24, 2.45) is 5.73 Å². The van der Waals surface area contributed by atoms with Gasteiger partial charge in [0.05, 0.1) is 17.0 Å². The van der Waals surface area contributed by atoms with E-state index in [0.29, 0.717) is 9.88 Å². The average Bonchev–Trinajstić information content (AvgIpc) is 2.59. The third kappa shape index (κ3) is 2.06. The second-order valence-electron chi connectivity index (χ2n) is 4.21. The smallest absolute Gasteiger partial charge is 0.270 e. The molecule has 8 nitrogen and oxygen atoms in total. The molecular formula is C11H11N3O5S. The minimum Gasteiger partial charge on any atom is -0.327 e. The summed E-state index contributed by atoms with van der Waals surface area (Å²) in [5.74, 6) is -0.807. The van der Waals surface area contributed by atoms with Crippen LogP contribution in [0.4, 0.5) is 5.69 Å². The van der Waals surface area contributed by atoms with Crippen LogP contribution in [0.1, 0.15) is 10.4 Å². The summed E-state index contributed by atoms with van der Waals surface area (Å²) in [5.41, 5.74) is 5.15. The van der Waals surface area contributed by atoms with Crippen LogP contribution in [-0.4, -0.2) is 36.6 Å². The highest BCUT2D eigenvalue weighted by molar-refractivity contribution is 7.90. The summed E-state index contributed by atoms with van der Waals surface area (Å²) in [6.07, 6.45) is 0. The molecule has 0 aliphatic carbocycles. The molecule has 20 heavy (non-hydrogen) atoms. The molecule has 0 unspecified atom stereocenters. The van der Waals surface area contributed by atoms with Crippen LogP contribution in [0.25, 0.3) is 0 Å². The number of fused-ring (bicyclic) bond motifs is 1. The number of sulfonamides is 1.